The number of hydrogen-bond acceptors (Lipinski definition) is 7. The molecule has 0 radical (unpaired) electrons. The highest BCUT2D eigenvalue weighted by molar-refractivity contribution is 7.98. The number of aromatic nitrogens is 4. The molecular weight excluding hydrogens is 514 g/mol. The second kappa shape index (κ2) is 10.7. The van der Waals surface area contributed by atoms with Crippen molar-refractivity contribution in [3.8, 4) is 11.8 Å². The molecule has 192 valence electrons. The number of anilines is 4. The first-order valence-electron chi connectivity index (χ1n) is 10.5. The summed E-state index contributed by atoms with van der Waals surface area (Å²) < 4.78 is 60.0. The molecule has 0 aliphatic rings. The van der Waals surface area contributed by atoms with Crippen LogP contribution in [0.15, 0.2) is 59.5 Å². The number of thioether (sulfide) groups is 1. The van der Waals surface area contributed by atoms with E-state index in [0.717, 1.165) is 23.1 Å². The van der Waals surface area contributed by atoms with Gasteiger partial charge in [-0.3, -0.25) is 5.10 Å². The van der Waals surface area contributed by atoms with E-state index in [-0.39, 0.29) is 23.3 Å². The number of nitrogens with one attached hydrogen (secondary N) is 4. The van der Waals surface area contributed by atoms with Gasteiger partial charge in [0.05, 0.1) is 0 Å². The number of nitrogens with zero attached hydrogens (tertiary/aromatic N) is 3. The predicted octanol–water partition coefficient (Wildman–Crippen LogP) is 6.57. The number of carbonyl (C=O) groups is 1. The highest BCUT2D eigenvalue weighted by Gasteiger charge is 2.35. The van der Waals surface area contributed by atoms with Crippen molar-refractivity contribution >= 4 is 40.8 Å². The number of urea groups is 1. The van der Waals surface area contributed by atoms with E-state index in [4.69, 9.17) is 4.74 Å². The number of aromatic amines is 1. The van der Waals surface area contributed by atoms with Crippen molar-refractivity contribution < 1.29 is 27.1 Å². The summed E-state index contributed by atoms with van der Waals surface area (Å²) >= 11 is 1.48. The Balaban J connectivity index is 1.53. The number of benzene rings is 2. The standard InChI is InChI=1S/C23H19F4N7O2S/c1-12-8-19(31-20-11-18(24)33-34-20)32-22(28-12)36-17-7-6-14(10-16(17)23(25,26)27)30-21(35)29-13-4-3-5-15(9-13)37-2/h3-11H,1-2H3,(H2,29,30,35)(H2,28,31,32,33,34). The van der Waals surface area contributed by atoms with Crippen molar-refractivity contribution in [1.29, 1.82) is 0 Å². The molecule has 0 bridgehead atoms. The van der Waals surface area contributed by atoms with Crippen molar-refractivity contribution in [2.45, 2.75) is 18.0 Å². The smallest absolute Gasteiger partial charge is 0.420 e. The lowest BCUT2D eigenvalue weighted by molar-refractivity contribution is -0.138. The molecule has 4 rings (SSSR count). The fraction of sp³-hybridized carbons (Fsp3) is 0.130. The van der Waals surface area contributed by atoms with Crippen LogP contribution in [0, 0.1) is 12.9 Å². The average Bonchev–Trinajstić information content (AvgIpc) is 3.23. The van der Waals surface area contributed by atoms with Crippen LogP contribution in [0.3, 0.4) is 0 Å². The minimum atomic E-state index is -4.81. The normalized spacial score (nSPS) is 11.2. The van der Waals surface area contributed by atoms with Gasteiger partial charge in [0.15, 0.2) is 0 Å². The van der Waals surface area contributed by atoms with Crippen molar-refractivity contribution in [2.75, 3.05) is 22.2 Å². The maximum Gasteiger partial charge on any atom is 0.420 e. The molecule has 2 aromatic carbocycles. The van der Waals surface area contributed by atoms with Gasteiger partial charge in [0.2, 0.25) is 5.95 Å². The van der Waals surface area contributed by atoms with Crippen LogP contribution in [-0.4, -0.2) is 32.5 Å². The monoisotopic (exact) mass is 533 g/mol. The molecule has 0 aliphatic carbocycles. The summed E-state index contributed by atoms with van der Waals surface area (Å²) in [6.07, 6.45) is -2.93. The van der Waals surface area contributed by atoms with Crippen molar-refractivity contribution in [2.24, 2.45) is 0 Å². The first-order valence-corrected chi connectivity index (χ1v) is 11.8. The van der Waals surface area contributed by atoms with E-state index in [9.17, 15) is 22.4 Å². The Bertz CT molecular complexity index is 1430. The van der Waals surface area contributed by atoms with Crippen molar-refractivity contribution in [1.82, 2.24) is 20.2 Å². The fourth-order valence-electron chi connectivity index (χ4n) is 3.16. The fourth-order valence-corrected chi connectivity index (χ4v) is 3.62. The van der Waals surface area contributed by atoms with Crippen LogP contribution in [0.4, 0.5) is 45.4 Å². The number of amides is 2. The Kier molecular flexibility index (Phi) is 7.47. The summed E-state index contributed by atoms with van der Waals surface area (Å²) in [5.41, 5.74) is -0.391. The highest BCUT2D eigenvalue weighted by Crippen LogP contribution is 2.39. The number of carbonyl (C=O) groups excluding carboxylic acids is 1. The summed E-state index contributed by atoms with van der Waals surface area (Å²) in [7, 11) is 0. The van der Waals surface area contributed by atoms with E-state index in [2.05, 4.69) is 36.1 Å². The Morgan fingerprint density at radius 2 is 1.78 bits per heavy atom. The van der Waals surface area contributed by atoms with E-state index in [1.54, 1.807) is 25.1 Å². The average molecular weight is 534 g/mol. The summed E-state index contributed by atoms with van der Waals surface area (Å²) in [5.74, 6) is -1.02. The Morgan fingerprint density at radius 3 is 2.46 bits per heavy atom. The van der Waals surface area contributed by atoms with Crippen LogP contribution in [0.25, 0.3) is 0 Å². The van der Waals surface area contributed by atoms with E-state index in [1.165, 1.54) is 23.9 Å². The largest absolute Gasteiger partial charge is 0.424 e. The number of hydrogen-bond donors (Lipinski definition) is 4. The zero-order valence-corrected chi connectivity index (χ0v) is 20.1. The molecule has 37 heavy (non-hydrogen) atoms. The first kappa shape index (κ1) is 25.8. The number of ether oxygens (including phenoxy) is 1. The molecule has 9 nitrogen and oxygen atoms in total. The van der Waals surface area contributed by atoms with Crippen LogP contribution < -0.4 is 20.7 Å². The molecule has 2 heterocycles. The minimum Gasteiger partial charge on any atom is -0.424 e. The number of H-pyrrole nitrogens is 1. The molecule has 0 spiro atoms. The number of alkyl halides is 3. The minimum absolute atomic E-state index is 0.105. The molecule has 4 aromatic rings. The summed E-state index contributed by atoms with van der Waals surface area (Å²) in [5, 5.41) is 13.4. The second-order valence-corrected chi connectivity index (χ2v) is 8.41. The van der Waals surface area contributed by atoms with Gasteiger partial charge in [-0.15, -0.1) is 16.9 Å². The van der Waals surface area contributed by atoms with Gasteiger partial charge in [-0.2, -0.15) is 22.5 Å². The molecule has 14 heteroatoms. The van der Waals surface area contributed by atoms with Gasteiger partial charge in [0, 0.05) is 34.1 Å². The molecule has 0 atom stereocenters. The van der Waals surface area contributed by atoms with E-state index < -0.39 is 29.5 Å². The third kappa shape index (κ3) is 6.88. The predicted molar refractivity (Wildman–Crippen MR) is 131 cm³/mol. The SMILES string of the molecule is CSc1cccc(NC(=O)Nc2ccc(Oc3nc(C)cc(Nc4cc(F)n[nH]4)n3)c(C(F)(F)F)c2)c1. The van der Waals surface area contributed by atoms with Crippen LogP contribution in [0.1, 0.15) is 11.3 Å². The second-order valence-electron chi connectivity index (χ2n) is 7.53. The lowest BCUT2D eigenvalue weighted by Crippen LogP contribution is -2.20. The van der Waals surface area contributed by atoms with Gasteiger partial charge in [0.1, 0.15) is 22.9 Å². The maximum atomic E-state index is 13.8. The topological polar surface area (TPSA) is 117 Å². The first-order chi connectivity index (χ1) is 17.6. The van der Waals surface area contributed by atoms with Crippen LogP contribution in [-0.2, 0) is 6.18 Å². The molecule has 0 fully saturated rings. The number of rotatable bonds is 7. The summed E-state index contributed by atoms with van der Waals surface area (Å²) in [4.78, 5) is 21.3. The highest BCUT2D eigenvalue weighted by atomic mass is 32.2. The summed E-state index contributed by atoms with van der Waals surface area (Å²) in [6, 6.07) is 11.5. The van der Waals surface area contributed by atoms with Crippen LogP contribution in [0.5, 0.6) is 11.8 Å². The third-order valence-corrected chi connectivity index (χ3v) is 5.44. The third-order valence-electron chi connectivity index (χ3n) is 4.71. The number of aryl methyl sites for hydroxylation is 1. The van der Waals surface area contributed by atoms with E-state index in [1.807, 2.05) is 12.3 Å². The lowest BCUT2D eigenvalue weighted by Gasteiger charge is -2.16. The Hall–Kier alpha value is -4.33. The van der Waals surface area contributed by atoms with Crippen molar-refractivity contribution in [3.63, 3.8) is 0 Å². The number of halogens is 4. The zero-order valence-electron chi connectivity index (χ0n) is 19.3. The van der Waals surface area contributed by atoms with Crippen LogP contribution in [0.2, 0.25) is 0 Å². The molecule has 0 unspecified atom stereocenters. The van der Waals surface area contributed by atoms with Gasteiger partial charge >= 0.3 is 18.2 Å². The molecule has 0 saturated carbocycles. The molecular formula is C23H19F4N7O2S. The van der Waals surface area contributed by atoms with Gasteiger partial charge in [-0.25, -0.2) is 9.78 Å². The molecule has 2 aromatic heterocycles. The Labute approximate surface area is 212 Å². The molecule has 0 saturated heterocycles. The maximum absolute atomic E-state index is 13.8. The van der Waals surface area contributed by atoms with E-state index in [0.29, 0.717) is 11.4 Å². The van der Waals surface area contributed by atoms with Gasteiger partial charge in [-0.1, -0.05) is 6.07 Å². The van der Waals surface area contributed by atoms with Gasteiger partial charge < -0.3 is 20.7 Å². The van der Waals surface area contributed by atoms with Gasteiger partial charge in [-0.05, 0) is 49.6 Å². The van der Waals surface area contributed by atoms with E-state index >= 15 is 0 Å². The quantitative estimate of drug-likeness (QED) is 0.157. The van der Waals surface area contributed by atoms with Gasteiger partial charge in [0.25, 0.3) is 0 Å². The Morgan fingerprint density at radius 1 is 1.03 bits per heavy atom. The summed E-state index contributed by atoms with van der Waals surface area (Å²) in [6.45, 7) is 1.58. The van der Waals surface area contributed by atoms with Crippen molar-refractivity contribution in [3.05, 3.63) is 71.8 Å². The molecule has 0 aliphatic heterocycles. The molecule has 2 amide bonds. The molecule has 4 N–H and O–H groups in total. The van der Waals surface area contributed by atoms with Crippen LogP contribution >= 0.6 is 11.8 Å². The zero-order chi connectivity index (χ0) is 26.6. The lowest BCUT2D eigenvalue weighted by atomic mass is 10.1.